The highest BCUT2D eigenvalue weighted by Gasteiger charge is 2.21. The standard InChI is InChI=1S/C23H39N3O3.HI/c1-5-24-23(26-12-10-21(11-13-26)28-15-7-14-27-4)25-17-20-8-6-9-22(16-20)29-18-19(2)3;/h6,8-9,16,19,21H,5,7,10-15,17-18H2,1-4H3,(H,24,25);1H. The molecule has 7 heteroatoms. The van der Waals surface area contributed by atoms with Gasteiger partial charge in [-0.25, -0.2) is 4.99 Å². The number of hydrogen-bond acceptors (Lipinski definition) is 4. The van der Waals surface area contributed by atoms with E-state index in [1.165, 1.54) is 0 Å². The quantitative estimate of drug-likeness (QED) is 0.199. The van der Waals surface area contributed by atoms with E-state index in [9.17, 15) is 0 Å². The highest BCUT2D eigenvalue weighted by Crippen LogP contribution is 2.17. The van der Waals surface area contributed by atoms with E-state index < -0.39 is 0 Å². The van der Waals surface area contributed by atoms with Crippen LogP contribution in [-0.2, 0) is 16.0 Å². The molecular formula is C23H40IN3O3. The number of likely N-dealkylation sites (tertiary alicyclic amines) is 1. The van der Waals surface area contributed by atoms with Gasteiger partial charge in [-0.05, 0) is 49.8 Å². The monoisotopic (exact) mass is 533 g/mol. The van der Waals surface area contributed by atoms with Crippen LogP contribution in [0.15, 0.2) is 29.3 Å². The lowest BCUT2D eigenvalue weighted by Crippen LogP contribution is -2.47. The first-order chi connectivity index (χ1) is 14.1. The molecule has 30 heavy (non-hydrogen) atoms. The summed E-state index contributed by atoms with van der Waals surface area (Å²) < 4.78 is 16.9. The second-order valence-electron chi connectivity index (χ2n) is 7.93. The van der Waals surface area contributed by atoms with Crippen LogP contribution in [0.25, 0.3) is 0 Å². The molecule has 0 spiro atoms. The third-order valence-electron chi connectivity index (χ3n) is 4.82. The Balaban J connectivity index is 0.00000450. The predicted octanol–water partition coefficient (Wildman–Crippen LogP) is 4.32. The molecule has 172 valence electrons. The molecule has 1 aromatic rings. The molecule has 0 amide bonds. The van der Waals surface area contributed by atoms with Gasteiger partial charge < -0.3 is 24.4 Å². The maximum atomic E-state index is 5.97. The van der Waals surface area contributed by atoms with E-state index in [2.05, 4.69) is 43.1 Å². The molecule has 0 radical (unpaired) electrons. The number of benzene rings is 1. The molecule has 1 aromatic carbocycles. The van der Waals surface area contributed by atoms with Crippen LogP contribution in [0.1, 0.15) is 45.6 Å². The number of methoxy groups -OCH3 is 1. The number of ether oxygens (including phenoxy) is 3. The molecule has 1 aliphatic heterocycles. The molecule has 0 saturated carbocycles. The van der Waals surface area contributed by atoms with Gasteiger partial charge >= 0.3 is 0 Å². The van der Waals surface area contributed by atoms with Crippen LogP contribution in [0.4, 0.5) is 0 Å². The van der Waals surface area contributed by atoms with Crippen molar-refractivity contribution in [2.24, 2.45) is 10.9 Å². The van der Waals surface area contributed by atoms with Gasteiger partial charge in [-0.2, -0.15) is 0 Å². The summed E-state index contributed by atoms with van der Waals surface area (Å²) in [6.07, 6.45) is 3.38. The lowest BCUT2D eigenvalue weighted by molar-refractivity contribution is 0.00990. The lowest BCUT2D eigenvalue weighted by atomic mass is 10.1. The molecule has 1 fully saturated rings. The van der Waals surface area contributed by atoms with Crippen molar-refractivity contribution < 1.29 is 14.2 Å². The van der Waals surface area contributed by atoms with Gasteiger partial charge in [-0.3, -0.25) is 0 Å². The third kappa shape index (κ3) is 10.3. The number of nitrogens with zero attached hydrogens (tertiary/aromatic N) is 2. The summed E-state index contributed by atoms with van der Waals surface area (Å²) in [6, 6.07) is 8.25. The summed E-state index contributed by atoms with van der Waals surface area (Å²) in [4.78, 5) is 7.22. The summed E-state index contributed by atoms with van der Waals surface area (Å²) in [7, 11) is 1.73. The van der Waals surface area contributed by atoms with Gasteiger partial charge in [-0.15, -0.1) is 24.0 Å². The molecule has 0 atom stereocenters. The zero-order chi connectivity index (χ0) is 20.9. The van der Waals surface area contributed by atoms with Gasteiger partial charge in [-0.1, -0.05) is 26.0 Å². The molecule has 0 bridgehead atoms. The first-order valence-electron chi connectivity index (χ1n) is 11.0. The summed E-state index contributed by atoms with van der Waals surface area (Å²) in [5.74, 6) is 2.42. The Morgan fingerprint density at radius 2 is 2.00 bits per heavy atom. The molecule has 6 nitrogen and oxygen atoms in total. The zero-order valence-corrected chi connectivity index (χ0v) is 21.4. The van der Waals surface area contributed by atoms with Crippen molar-refractivity contribution in [3.63, 3.8) is 0 Å². The number of aliphatic imine (C=N–C) groups is 1. The minimum absolute atomic E-state index is 0. The Kier molecular flexibility index (Phi) is 14.1. The summed E-state index contributed by atoms with van der Waals surface area (Å²) >= 11 is 0. The van der Waals surface area contributed by atoms with Crippen LogP contribution >= 0.6 is 24.0 Å². The first-order valence-corrected chi connectivity index (χ1v) is 11.0. The predicted molar refractivity (Wildman–Crippen MR) is 134 cm³/mol. The summed E-state index contributed by atoms with van der Waals surface area (Å²) in [6.45, 7) is 12.2. The molecule has 0 aromatic heterocycles. The van der Waals surface area contributed by atoms with E-state index >= 15 is 0 Å². The number of rotatable bonds is 11. The van der Waals surface area contributed by atoms with Crippen LogP contribution in [-0.4, -0.2) is 63.5 Å². The van der Waals surface area contributed by atoms with Gasteiger partial charge in [0.25, 0.3) is 0 Å². The van der Waals surface area contributed by atoms with Crippen LogP contribution in [0.3, 0.4) is 0 Å². The number of hydrogen-bond donors (Lipinski definition) is 1. The minimum Gasteiger partial charge on any atom is -0.493 e. The highest BCUT2D eigenvalue weighted by atomic mass is 127. The lowest BCUT2D eigenvalue weighted by Gasteiger charge is -2.34. The summed E-state index contributed by atoms with van der Waals surface area (Å²) in [5.41, 5.74) is 1.16. The average molecular weight is 533 g/mol. The SMILES string of the molecule is CCNC(=NCc1cccc(OCC(C)C)c1)N1CCC(OCCCOC)CC1.I. The topological polar surface area (TPSA) is 55.3 Å². The molecule has 1 saturated heterocycles. The van der Waals surface area contributed by atoms with E-state index in [1.54, 1.807) is 7.11 Å². The molecule has 0 aliphatic carbocycles. The van der Waals surface area contributed by atoms with Gasteiger partial charge in [0.15, 0.2) is 5.96 Å². The molecule has 0 unspecified atom stereocenters. The zero-order valence-electron chi connectivity index (χ0n) is 19.1. The van der Waals surface area contributed by atoms with Crippen LogP contribution in [0.2, 0.25) is 0 Å². The second kappa shape index (κ2) is 15.7. The number of piperidine rings is 1. The Morgan fingerprint density at radius 3 is 2.67 bits per heavy atom. The average Bonchev–Trinajstić information content (AvgIpc) is 2.73. The number of guanidine groups is 1. The largest absolute Gasteiger partial charge is 0.493 e. The van der Waals surface area contributed by atoms with E-state index in [1.807, 2.05) is 12.1 Å². The van der Waals surface area contributed by atoms with Crippen molar-refractivity contribution in [1.29, 1.82) is 0 Å². The van der Waals surface area contributed by atoms with Crippen molar-refractivity contribution in [1.82, 2.24) is 10.2 Å². The minimum atomic E-state index is 0. The maximum Gasteiger partial charge on any atom is 0.194 e. The van der Waals surface area contributed by atoms with Crippen molar-refractivity contribution in [3.8, 4) is 5.75 Å². The summed E-state index contributed by atoms with van der Waals surface area (Å²) in [5, 5.41) is 3.44. The van der Waals surface area contributed by atoms with Crippen molar-refractivity contribution in [2.75, 3.05) is 46.6 Å². The number of nitrogens with one attached hydrogen (secondary N) is 1. The maximum absolute atomic E-state index is 5.97. The van der Waals surface area contributed by atoms with Gasteiger partial charge in [0, 0.05) is 40.0 Å². The van der Waals surface area contributed by atoms with Crippen LogP contribution < -0.4 is 10.1 Å². The fourth-order valence-corrected chi connectivity index (χ4v) is 3.28. The van der Waals surface area contributed by atoms with Crippen LogP contribution in [0, 0.1) is 5.92 Å². The molecule has 1 aliphatic rings. The van der Waals surface area contributed by atoms with E-state index in [0.29, 0.717) is 18.6 Å². The normalized spacial score (nSPS) is 15.2. The fraction of sp³-hybridized carbons (Fsp3) is 0.696. The van der Waals surface area contributed by atoms with Crippen molar-refractivity contribution in [3.05, 3.63) is 29.8 Å². The molecule has 1 heterocycles. The Labute approximate surface area is 199 Å². The van der Waals surface area contributed by atoms with Crippen LogP contribution in [0.5, 0.6) is 5.75 Å². The molecule has 1 N–H and O–H groups in total. The first kappa shape index (κ1) is 27.0. The van der Waals surface area contributed by atoms with Gasteiger partial charge in [0.05, 0.1) is 19.3 Å². The molecular weight excluding hydrogens is 493 g/mol. The smallest absolute Gasteiger partial charge is 0.194 e. The van der Waals surface area contributed by atoms with E-state index in [4.69, 9.17) is 19.2 Å². The molecule has 2 rings (SSSR count). The van der Waals surface area contributed by atoms with E-state index in [-0.39, 0.29) is 24.0 Å². The van der Waals surface area contributed by atoms with Gasteiger partial charge in [0.2, 0.25) is 0 Å². The Morgan fingerprint density at radius 1 is 1.23 bits per heavy atom. The number of halogens is 1. The second-order valence-corrected chi connectivity index (χ2v) is 7.93. The highest BCUT2D eigenvalue weighted by molar-refractivity contribution is 14.0. The van der Waals surface area contributed by atoms with Crippen molar-refractivity contribution in [2.45, 2.75) is 52.7 Å². The van der Waals surface area contributed by atoms with Gasteiger partial charge in [0.1, 0.15) is 5.75 Å². The van der Waals surface area contributed by atoms with E-state index in [0.717, 1.165) is 76.0 Å². The van der Waals surface area contributed by atoms with Crippen molar-refractivity contribution >= 4 is 29.9 Å². The third-order valence-corrected chi connectivity index (χ3v) is 4.82. The Hall–Kier alpha value is -1.06. The Bertz CT molecular complexity index is 605. The fourth-order valence-electron chi connectivity index (χ4n) is 3.28.